The van der Waals surface area contributed by atoms with Crippen LogP contribution in [-0.4, -0.2) is 37.3 Å². The van der Waals surface area contributed by atoms with Crippen LogP contribution in [0.1, 0.15) is 49.0 Å². The van der Waals surface area contributed by atoms with E-state index >= 15 is 0 Å². The lowest BCUT2D eigenvalue weighted by Crippen LogP contribution is -2.45. The van der Waals surface area contributed by atoms with Gasteiger partial charge in [0.25, 0.3) is 5.91 Å². The fraction of sp³-hybridized carbons (Fsp3) is 0.409. The van der Waals surface area contributed by atoms with Gasteiger partial charge in [-0.1, -0.05) is 42.8 Å². The van der Waals surface area contributed by atoms with Crippen molar-refractivity contribution < 1.29 is 13.2 Å². The van der Waals surface area contributed by atoms with Gasteiger partial charge in [0.2, 0.25) is 10.0 Å². The Hall–Kier alpha value is -2.18. The number of nitrogens with zero attached hydrogens (tertiary/aromatic N) is 1. The van der Waals surface area contributed by atoms with Crippen molar-refractivity contribution in [1.29, 1.82) is 0 Å². The maximum absolute atomic E-state index is 12.9. The molecule has 0 aromatic heterocycles. The van der Waals surface area contributed by atoms with Crippen molar-refractivity contribution in [2.24, 2.45) is 0 Å². The minimum atomic E-state index is -3.56. The van der Waals surface area contributed by atoms with Crippen LogP contribution in [0.3, 0.4) is 0 Å². The van der Waals surface area contributed by atoms with Gasteiger partial charge in [-0.15, -0.1) is 0 Å². The van der Waals surface area contributed by atoms with Crippen LogP contribution >= 0.6 is 0 Å². The molecule has 1 aliphatic heterocycles. The van der Waals surface area contributed by atoms with E-state index in [1.54, 1.807) is 18.2 Å². The van der Waals surface area contributed by atoms with E-state index in [1.165, 1.54) is 10.4 Å². The van der Waals surface area contributed by atoms with Crippen LogP contribution in [0, 0.1) is 0 Å². The zero-order valence-electron chi connectivity index (χ0n) is 16.5. The molecule has 0 atom stereocenters. The third-order valence-corrected chi connectivity index (χ3v) is 6.88. The lowest BCUT2D eigenvalue weighted by Gasteiger charge is -2.27. The molecule has 0 radical (unpaired) electrons. The van der Waals surface area contributed by atoms with Crippen molar-refractivity contribution in [2.75, 3.05) is 13.1 Å². The zero-order valence-corrected chi connectivity index (χ0v) is 17.3. The minimum absolute atomic E-state index is 0.183. The highest BCUT2D eigenvalue weighted by Crippen LogP contribution is 2.22. The normalized spacial score (nSPS) is 15.9. The summed E-state index contributed by atoms with van der Waals surface area (Å²) in [5, 5.41) is 3.03. The van der Waals surface area contributed by atoms with Crippen LogP contribution in [0.2, 0.25) is 0 Å². The van der Waals surface area contributed by atoms with E-state index in [0.29, 0.717) is 25.1 Å². The Morgan fingerprint density at radius 3 is 2.36 bits per heavy atom. The van der Waals surface area contributed by atoms with Crippen molar-refractivity contribution in [3.05, 3.63) is 65.7 Å². The number of rotatable bonds is 6. The van der Waals surface area contributed by atoms with Gasteiger partial charge in [0.15, 0.2) is 0 Å². The fourth-order valence-electron chi connectivity index (χ4n) is 3.58. The molecule has 1 heterocycles. The summed E-state index contributed by atoms with van der Waals surface area (Å²) in [4.78, 5) is 13.0. The first-order valence-electron chi connectivity index (χ1n) is 9.75. The van der Waals surface area contributed by atoms with Crippen LogP contribution < -0.4 is 5.32 Å². The van der Waals surface area contributed by atoms with Crippen molar-refractivity contribution in [1.82, 2.24) is 9.62 Å². The van der Waals surface area contributed by atoms with Crippen molar-refractivity contribution in [2.45, 2.75) is 50.0 Å². The van der Waals surface area contributed by atoms with Gasteiger partial charge < -0.3 is 5.32 Å². The van der Waals surface area contributed by atoms with Crippen molar-refractivity contribution >= 4 is 15.9 Å². The van der Waals surface area contributed by atoms with E-state index in [9.17, 15) is 13.2 Å². The SMILES string of the molecule is CC(C)(Cc1ccccc1)NC(=O)c1cccc(S(=O)(=O)N2CCCCC2)c1. The third kappa shape index (κ3) is 5.00. The van der Waals surface area contributed by atoms with Gasteiger partial charge in [0.05, 0.1) is 4.90 Å². The molecular formula is C22H28N2O3S. The van der Waals surface area contributed by atoms with Crippen LogP contribution in [0.5, 0.6) is 0 Å². The van der Waals surface area contributed by atoms with E-state index in [2.05, 4.69) is 5.32 Å². The highest BCUT2D eigenvalue weighted by molar-refractivity contribution is 7.89. The number of hydrogen-bond donors (Lipinski definition) is 1. The fourth-order valence-corrected chi connectivity index (χ4v) is 5.15. The molecule has 3 rings (SSSR count). The second-order valence-corrected chi connectivity index (χ2v) is 9.93. The molecule has 0 spiro atoms. The largest absolute Gasteiger partial charge is 0.347 e. The molecule has 2 aromatic rings. The van der Waals surface area contributed by atoms with E-state index < -0.39 is 15.6 Å². The number of carbonyl (C=O) groups excluding carboxylic acids is 1. The van der Waals surface area contributed by atoms with Crippen molar-refractivity contribution in [3.8, 4) is 0 Å². The predicted octanol–water partition coefficient (Wildman–Crippen LogP) is 3.61. The molecule has 5 nitrogen and oxygen atoms in total. The smallest absolute Gasteiger partial charge is 0.251 e. The number of carbonyl (C=O) groups is 1. The van der Waals surface area contributed by atoms with Crippen LogP contribution in [-0.2, 0) is 16.4 Å². The second-order valence-electron chi connectivity index (χ2n) is 7.99. The number of nitrogens with one attached hydrogen (secondary N) is 1. The molecule has 0 aliphatic carbocycles. The molecular weight excluding hydrogens is 372 g/mol. The Labute approximate surface area is 167 Å². The molecule has 6 heteroatoms. The standard InChI is InChI=1S/C22H28N2O3S/c1-22(2,17-18-10-5-3-6-11-18)23-21(25)19-12-9-13-20(16-19)28(26,27)24-14-7-4-8-15-24/h3,5-6,9-13,16H,4,7-8,14-15,17H2,1-2H3,(H,23,25). The molecule has 1 amide bonds. The Bertz CT molecular complexity index is 918. The lowest BCUT2D eigenvalue weighted by atomic mass is 9.94. The van der Waals surface area contributed by atoms with Crippen LogP contribution in [0.15, 0.2) is 59.5 Å². The Morgan fingerprint density at radius 1 is 1.00 bits per heavy atom. The summed E-state index contributed by atoms with van der Waals surface area (Å²) in [6, 6.07) is 16.3. The lowest BCUT2D eigenvalue weighted by molar-refractivity contribution is 0.0913. The molecule has 0 saturated carbocycles. The summed E-state index contributed by atoms with van der Waals surface area (Å²) in [6.07, 6.45) is 3.51. The van der Waals surface area contributed by atoms with E-state index in [0.717, 1.165) is 24.8 Å². The van der Waals surface area contributed by atoms with Gasteiger partial charge in [-0.3, -0.25) is 4.79 Å². The number of piperidine rings is 1. The third-order valence-electron chi connectivity index (χ3n) is 4.99. The molecule has 150 valence electrons. The summed E-state index contributed by atoms with van der Waals surface area (Å²) in [7, 11) is -3.56. The molecule has 2 aromatic carbocycles. The molecule has 28 heavy (non-hydrogen) atoms. The summed E-state index contributed by atoms with van der Waals surface area (Å²) in [6.45, 7) is 5.02. The first kappa shape index (κ1) is 20.6. The summed E-state index contributed by atoms with van der Waals surface area (Å²) in [5.41, 5.74) is 1.04. The summed E-state index contributed by atoms with van der Waals surface area (Å²) >= 11 is 0. The maximum Gasteiger partial charge on any atom is 0.251 e. The number of benzene rings is 2. The van der Waals surface area contributed by atoms with E-state index in [4.69, 9.17) is 0 Å². The number of amides is 1. The minimum Gasteiger partial charge on any atom is -0.347 e. The van der Waals surface area contributed by atoms with Crippen LogP contribution in [0.25, 0.3) is 0 Å². The molecule has 1 saturated heterocycles. The highest BCUT2D eigenvalue weighted by atomic mass is 32.2. The Balaban J connectivity index is 1.75. The van der Waals surface area contributed by atoms with Crippen molar-refractivity contribution in [3.63, 3.8) is 0 Å². The van der Waals surface area contributed by atoms with Gasteiger partial charge in [-0.2, -0.15) is 4.31 Å². The molecule has 0 bridgehead atoms. The average Bonchev–Trinajstić information content (AvgIpc) is 2.69. The van der Waals surface area contributed by atoms with E-state index in [-0.39, 0.29) is 10.8 Å². The summed E-state index contributed by atoms with van der Waals surface area (Å²) < 4.78 is 27.3. The zero-order chi connectivity index (χ0) is 20.2. The predicted molar refractivity (Wildman–Crippen MR) is 111 cm³/mol. The quantitative estimate of drug-likeness (QED) is 0.805. The first-order chi connectivity index (χ1) is 13.3. The second kappa shape index (κ2) is 8.45. The van der Waals surface area contributed by atoms with Gasteiger partial charge in [0.1, 0.15) is 0 Å². The molecule has 1 N–H and O–H groups in total. The molecule has 1 fully saturated rings. The van der Waals surface area contributed by atoms with Gasteiger partial charge in [-0.25, -0.2) is 8.42 Å². The Kier molecular flexibility index (Phi) is 6.20. The maximum atomic E-state index is 12.9. The average molecular weight is 401 g/mol. The van der Waals surface area contributed by atoms with E-state index in [1.807, 2.05) is 44.2 Å². The highest BCUT2D eigenvalue weighted by Gasteiger charge is 2.27. The van der Waals surface area contributed by atoms with Gasteiger partial charge >= 0.3 is 0 Å². The molecule has 0 unspecified atom stereocenters. The number of hydrogen-bond acceptors (Lipinski definition) is 3. The Morgan fingerprint density at radius 2 is 1.68 bits per heavy atom. The van der Waals surface area contributed by atoms with Gasteiger partial charge in [0, 0.05) is 24.2 Å². The topological polar surface area (TPSA) is 66.5 Å². The van der Waals surface area contributed by atoms with Gasteiger partial charge in [-0.05, 0) is 56.9 Å². The number of sulfonamides is 1. The summed E-state index contributed by atoms with van der Waals surface area (Å²) in [5.74, 6) is -0.267. The van der Waals surface area contributed by atoms with Crippen LogP contribution in [0.4, 0.5) is 0 Å². The monoisotopic (exact) mass is 400 g/mol. The molecule has 1 aliphatic rings. The first-order valence-corrected chi connectivity index (χ1v) is 11.2.